The van der Waals surface area contributed by atoms with Crippen LogP contribution in [0.2, 0.25) is 0 Å². The first-order chi connectivity index (χ1) is 13.4. The zero-order chi connectivity index (χ0) is 20.5. The number of fused-ring (bicyclic) bond motifs is 1. The third kappa shape index (κ3) is 6.87. The lowest BCUT2D eigenvalue weighted by Gasteiger charge is -2.23. The molecule has 154 valence electrons. The van der Waals surface area contributed by atoms with Gasteiger partial charge in [-0.25, -0.2) is 0 Å². The molecule has 0 bridgehead atoms. The maximum Gasteiger partial charge on any atom is 0.109 e. The predicted molar refractivity (Wildman–Crippen MR) is 120 cm³/mol. The Hall–Kier alpha value is -1.44. The van der Waals surface area contributed by atoms with Gasteiger partial charge in [-0.3, -0.25) is 9.88 Å². The summed E-state index contributed by atoms with van der Waals surface area (Å²) in [7, 11) is 3.94. The molecular formula is C22H33N3O2S. The van der Waals surface area contributed by atoms with Crippen LogP contribution in [-0.2, 0) is 0 Å². The highest BCUT2D eigenvalue weighted by molar-refractivity contribution is 8.03. The molecule has 6 heteroatoms. The van der Waals surface area contributed by atoms with Crippen LogP contribution in [0.3, 0.4) is 0 Å². The normalized spacial score (nSPS) is 15.0. The number of nitrogens with zero attached hydrogens (tertiary/aromatic N) is 2. The van der Waals surface area contributed by atoms with Gasteiger partial charge in [0.25, 0.3) is 0 Å². The molecule has 0 saturated carbocycles. The Bertz CT molecular complexity index is 781. The second kappa shape index (κ2) is 11.5. The third-order valence-corrected chi connectivity index (χ3v) is 6.08. The lowest BCUT2D eigenvalue weighted by atomic mass is 10.1. The first kappa shape index (κ1) is 22.8. The van der Waals surface area contributed by atoms with E-state index < -0.39 is 6.10 Å². The molecule has 5 nitrogen and oxygen atoms in total. The summed E-state index contributed by atoms with van der Waals surface area (Å²) >= 11 is 1.71. The van der Waals surface area contributed by atoms with Gasteiger partial charge < -0.3 is 15.5 Å². The molecule has 0 aliphatic heterocycles. The molecule has 2 atom stereocenters. The average Bonchev–Trinajstić information content (AvgIpc) is 2.70. The van der Waals surface area contributed by atoms with E-state index in [1.54, 1.807) is 11.8 Å². The standard InChI is InChI=1S/C22H33N3O2S/c1-5-18(26)15-28-22(16(2)12-23-3)14-25(4)13-21(27)20-11-10-17-8-6-7-9-19(17)24-20/h6-11,18,21,23,26-27H,5,12-15H2,1-4H3/b22-16-. The van der Waals surface area contributed by atoms with Crippen LogP contribution < -0.4 is 5.32 Å². The number of hydrogen-bond donors (Lipinski definition) is 3. The summed E-state index contributed by atoms with van der Waals surface area (Å²) in [5.41, 5.74) is 2.86. The van der Waals surface area contributed by atoms with Crippen LogP contribution in [0.1, 0.15) is 32.1 Å². The van der Waals surface area contributed by atoms with E-state index in [4.69, 9.17) is 0 Å². The number of aliphatic hydroxyl groups excluding tert-OH is 2. The summed E-state index contributed by atoms with van der Waals surface area (Å²) in [6.45, 7) is 6.16. The van der Waals surface area contributed by atoms with Crippen LogP contribution in [-0.4, -0.2) is 65.7 Å². The number of aromatic nitrogens is 1. The van der Waals surface area contributed by atoms with E-state index >= 15 is 0 Å². The largest absolute Gasteiger partial charge is 0.392 e. The lowest BCUT2D eigenvalue weighted by molar-refractivity contribution is 0.128. The average molecular weight is 404 g/mol. The highest BCUT2D eigenvalue weighted by atomic mass is 32.2. The molecule has 0 spiro atoms. The van der Waals surface area contributed by atoms with E-state index in [0.717, 1.165) is 30.4 Å². The van der Waals surface area contributed by atoms with Gasteiger partial charge >= 0.3 is 0 Å². The van der Waals surface area contributed by atoms with Crippen molar-refractivity contribution in [3.05, 3.63) is 52.6 Å². The second-order valence-corrected chi connectivity index (χ2v) is 8.36. The molecule has 0 saturated heterocycles. The number of pyridine rings is 1. The zero-order valence-corrected chi connectivity index (χ0v) is 18.2. The molecular weight excluding hydrogens is 370 g/mol. The number of benzene rings is 1. The molecule has 0 aliphatic rings. The molecule has 1 heterocycles. The van der Waals surface area contributed by atoms with Gasteiger partial charge in [0, 0.05) is 30.8 Å². The van der Waals surface area contributed by atoms with E-state index in [-0.39, 0.29) is 6.10 Å². The van der Waals surface area contributed by atoms with Crippen LogP contribution in [0, 0.1) is 0 Å². The number of likely N-dealkylation sites (N-methyl/N-ethyl adjacent to an activating group) is 2. The van der Waals surface area contributed by atoms with Gasteiger partial charge in [-0.05, 0) is 50.1 Å². The highest BCUT2D eigenvalue weighted by Gasteiger charge is 2.16. The van der Waals surface area contributed by atoms with Crippen molar-refractivity contribution < 1.29 is 10.2 Å². The van der Waals surface area contributed by atoms with Crippen molar-refractivity contribution >= 4 is 22.7 Å². The molecule has 0 fully saturated rings. The molecule has 2 unspecified atom stereocenters. The molecule has 0 aliphatic carbocycles. The molecule has 0 amide bonds. The van der Waals surface area contributed by atoms with Crippen LogP contribution in [0.15, 0.2) is 46.9 Å². The Morgan fingerprint density at radius 1 is 1.21 bits per heavy atom. The number of para-hydroxylation sites is 1. The van der Waals surface area contributed by atoms with Crippen LogP contribution >= 0.6 is 11.8 Å². The van der Waals surface area contributed by atoms with E-state index in [9.17, 15) is 10.2 Å². The van der Waals surface area contributed by atoms with Crippen molar-refractivity contribution in [1.29, 1.82) is 0 Å². The van der Waals surface area contributed by atoms with Crippen LogP contribution in [0.5, 0.6) is 0 Å². The topological polar surface area (TPSA) is 68.6 Å². The minimum Gasteiger partial charge on any atom is -0.392 e. The van der Waals surface area contributed by atoms with Gasteiger partial charge in [0.2, 0.25) is 0 Å². The van der Waals surface area contributed by atoms with E-state index in [0.29, 0.717) is 18.0 Å². The Labute approximate surface area is 172 Å². The van der Waals surface area contributed by atoms with Crippen molar-refractivity contribution in [3.8, 4) is 0 Å². The summed E-state index contributed by atoms with van der Waals surface area (Å²) in [6.07, 6.45) is -0.181. The fourth-order valence-corrected chi connectivity index (χ4v) is 4.21. The van der Waals surface area contributed by atoms with Gasteiger partial charge in [0.05, 0.1) is 17.3 Å². The molecule has 2 aromatic rings. The Morgan fingerprint density at radius 3 is 2.68 bits per heavy atom. The minimum absolute atomic E-state index is 0.292. The minimum atomic E-state index is -0.647. The maximum atomic E-state index is 10.7. The van der Waals surface area contributed by atoms with Gasteiger partial charge in [-0.1, -0.05) is 31.2 Å². The SMILES string of the molecule is CCC(O)CS/C(CN(C)CC(O)c1ccc2ccccc2n1)=C(/C)CNC. The zero-order valence-electron chi connectivity index (χ0n) is 17.4. The smallest absolute Gasteiger partial charge is 0.109 e. The van der Waals surface area contributed by atoms with Gasteiger partial charge in [0.1, 0.15) is 6.10 Å². The first-order valence-electron chi connectivity index (χ1n) is 9.81. The van der Waals surface area contributed by atoms with Crippen molar-refractivity contribution in [1.82, 2.24) is 15.2 Å². The number of thioether (sulfide) groups is 1. The highest BCUT2D eigenvalue weighted by Crippen LogP contribution is 2.24. The lowest BCUT2D eigenvalue weighted by Crippen LogP contribution is -2.28. The van der Waals surface area contributed by atoms with Gasteiger partial charge in [0.15, 0.2) is 0 Å². The fourth-order valence-electron chi connectivity index (χ4n) is 2.95. The van der Waals surface area contributed by atoms with Crippen molar-refractivity contribution in [2.75, 3.05) is 39.5 Å². The Kier molecular flexibility index (Phi) is 9.41. The molecule has 2 rings (SSSR count). The number of hydrogen-bond acceptors (Lipinski definition) is 6. The molecule has 1 aromatic carbocycles. The summed E-state index contributed by atoms with van der Waals surface area (Å²) in [5, 5.41) is 24.9. The number of aliphatic hydroxyl groups is 2. The third-order valence-electron chi connectivity index (χ3n) is 4.70. The number of nitrogens with one attached hydrogen (secondary N) is 1. The van der Waals surface area contributed by atoms with Crippen molar-refractivity contribution in [3.63, 3.8) is 0 Å². The fraction of sp³-hybridized carbons (Fsp3) is 0.500. The maximum absolute atomic E-state index is 10.7. The van der Waals surface area contributed by atoms with Crippen molar-refractivity contribution in [2.45, 2.75) is 32.5 Å². The predicted octanol–water partition coefficient (Wildman–Crippen LogP) is 3.20. The number of rotatable bonds is 11. The Balaban J connectivity index is 2.03. The van der Waals surface area contributed by atoms with E-state index in [2.05, 4.69) is 22.1 Å². The Morgan fingerprint density at radius 2 is 1.96 bits per heavy atom. The monoisotopic (exact) mass is 403 g/mol. The van der Waals surface area contributed by atoms with Gasteiger partial charge in [-0.15, -0.1) is 11.8 Å². The van der Waals surface area contributed by atoms with E-state index in [1.165, 1.54) is 10.5 Å². The summed E-state index contributed by atoms with van der Waals surface area (Å²) in [5.74, 6) is 0.690. The summed E-state index contributed by atoms with van der Waals surface area (Å²) in [6, 6.07) is 11.8. The summed E-state index contributed by atoms with van der Waals surface area (Å²) in [4.78, 5) is 7.96. The molecule has 3 N–H and O–H groups in total. The molecule has 28 heavy (non-hydrogen) atoms. The summed E-state index contributed by atoms with van der Waals surface area (Å²) < 4.78 is 0. The first-order valence-corrected chi connectivity index (χ1v) is 10.8. The quantitative estimate of drug-likeness (QED) is 0.535. The second-order valence-electron chi connectivity index (χ2n) is 7.25. The van der Waals surface area contributed by atoms with Crippen LogP contribution in [0.25, 0.3) is 10.9 Å². The molecule has 0 radical (unpaired) electrons. The van der Waals surface area contributed by atoms with Crippen molar-refractivity contribution in [2.24, 2.45) is 0 Å². The van der Waals surface area contributed by atoms with Crippen LogP contribution in [0.4, 0.5) is 0 Å². The van der Waals surface area contributed by atoms with Gasteiger partial charge in [-0.2, -0.15) is 0 Å². The molecule has 1 aromatic heterocycles. The van der Waals surface area contributed by atoms with E-state index in [1.807, 2.05) is 57.4 Å².